The summed E-state index contributed by atoms with van der Waals surface area (Å²) in [5, 5.41) is 5.19. The van der Waals surface area contributed by atoms with Gasteiger partial charge in [-0.05, 0) is 59.1 Å². The SMILES string of the molecule is Cc1cc2ccccc2c(C(C)(C)NC(=O)c2ccnc3c2OCCN(C(=O)OC(C)(C)C)C3)n1. The second-order valence-corrected chi connectivity index (χ2v) is 10.3. The molecule has 0 spiro atoms. The lowest BCUT2D eigenvalue weighted by Gasteiger charge is -2.28. The molecule has 8 nitrogen and oxygen atoms in total. The highest BCUT2D eigenvalue weighted by atomic mass is 16.6. The van der Waals surface area contributed by atoms with Crippen molar-refractivity contribution < 1.29 is 19.1 Å². The Morgan fingerprint density at radius 3 is 2.60 bits per heavy atom. The normalized spacial score (nSPS) is 14.1. The van der Waals surface area contributed by atoms with Crippen LogP contribution >= 0.6 is 0 Å². The minimum atomic E-state index is -0.758. The molecule has 0 atom stereocenters. The molecule has 0 saturated carbocycles. The standard InChI is InChI=1S/C27H32N4O4/c1-17-15-18-9-7-8-10-19(18)23(29-17)27(5,6)30-24(32)20-11-12-28-21-16-31(13-14-34-22(20)21)25(33)35-26(2,3)4/h7-12,15H,13-14,16H2,1-6H3,(H,30,32). The molecule has 1 aliphatic rings. The molecule has 0 aliphatic carbocycles. The molecule has 3 aromatic rings. The maximum atomic E-state index is 13.5. The molecular weight excluding hydrogens is 444 g/mol. The Kier molecular flexibility index (Phi) is 6.40. The molecule has 0 radical (unpaired) electrons. The summed E-state index contributed by atoms with van der Waals surface area (Å²) in [6.45, 7) is 12.0. The van der Waals surface area contributed by atoms with Crippen molar-refractivity contribution in [3.63, 3.8) is 0 Å². The van der Waals surface area contributed by atoms with Gasteiger partial charge in [-0.3, -0.25) is 19.7 Å². The summed E-state index contributed by atoms with van der Waals surface area (Å²) in [6.07, 6.45) is 1.12. The Bertz CT molecular complexity index is 1280. The van der Waals surface area contributed by atoms with Crippen molar-refractivity contribution >= 4 is 22.8 Å². The molecule has 1 N–H and O–H groups in total. The van der Waals surface area contributed by atoms with Gasteiger partial charge in [0.1, 0.15) is 17.9 Å². The monoisotopic (exact) mass is 476 g/mol. The highest BCUT2D eigenvalue weighted by Crippen LogP contribution is 2.30. The summed E-state index contributed by atoms with van der Waals surface area (Å²) >= 11 is 0. The van der Waals surface area contributed by atoms with Crippen LogP contribution in [0.5, 0.6) is 5.75 Å². The molecular formula is C27H32N4O4. The van der Waals surface area contributed by atoms with Gasteiger partial charge in [0.25, 0.3) is 5.91 Å². The van der Waals surface area contributed by atoms with E-state index in [-0.39, 0.29) is 19.1 Å². The summed E-state index contributed by atoms with van der Waals surface area (Å²) in [4.78, 5) is 36.8. The Balaban J connectivity index is 1.61. The number of carbonyl (C=O) groups excluding carboxylic acids is 2. The van der Waals surface area contributed by atoms with Crippen LogP contribution in [0.3, 0.4) is 0 Å². The predicted octanol–water partition coefficient (Wildman–Crippen LogP) is 4.73. The van der Waals surface area contributed by atoms with E-state index < -0.39 is 17.2 Å². The number of amides is 2. The maximum Gasteiger partial charge on any atom is 0.410 e. The number of aryl methyl sites for hydroxylation is 1. The van der Waals surface area contributed by atoms with Crippen molar-refractivity contribution in [3.8, 4) is 5.75 Å². The van der Waals surface area contributed by atoms with Crippen LogP contribution in [0, 0.1) is 6.92 Å². The van der Waals surface area contributed by atoms with E-state index in [1.807, 2.05) is 71.9 Å². The smallest absolute Gasteiger partial charge is 0.410 e. The van der Waals surface area contributed by atoms with E-state index in [0.717, 1.165) is 22.2 Å². The fourth-order valence-corrected chi connectivity index (χ4v) is 4.16. The number of ether oxygens (including phenoxy) is 2. The van der Waals surface area contributed by atoms with Crippen molar-refractivity contribution in [2.75, 3.05) is 13.2 Å². The molecule has 0 unspecified atom stereocenters. The minimum Gasteiger partial charge on any atom is -0.489 e. The van der Waals surface area contributed by atoms with Crippen LogP contribution in [0.4, 0.5) is 4.79 Å². The second kappa shape index (κ2) is 9.17. The zero-order valence-corrected chi connectivity index (χ0v) is 21.1. The lowest BCUT2D eigenvalue weighted by atomic mass is 9.93. The van der Waals surface area contributed by atoms with Crippen molar-refractivity contribution in [1.82, 2.24) is 20.2 Å². The first-order chi connectivity index (χ1) is 16.4. The Morgan fingerprint density at radius 1 is 1.11 bits per heavy atom. The lowest BCUT2D eigenvalue weighted by Crippen LogP contribution is -2.42. The molecule has 35 heavy (non-hydrogen) atoms. The number of hydrogen-bond donors (Lipinski definition) is 1. The molecule has 1 aromatic carbocycles. The molecule has 2 amide bonds. The van der Waals surface area contributed by atoms with Crippen molar-refractivity contribution in [2.24, 2.45) is 0 Å². The average molecular weight is 477 g/mol. The molecule has 3 heterocycles. The van der Waals surface area contributed by atoms with Gasteiger partial charge >= 0.3 is 6.09 Å². The van der Waals surface area contributed by atoms with Crippen LogP contribution in [-0.2, 0) is 16.8 Å². The summed E-state index contributed by atoms with van der Waals surface area (Å²) in [7, 11) is 0. The molecule has 8 heteroatoms. The van der Waals surface area contributed by atoms with Gasteiger partial charge < -0.3 is 14.8 Å². The average Bonchev–Trinajstić information content (AvgIpc) is 2.99. The van der Waals surface area contributed by atoms with E-state index in [0.29, 0.717) is 23.6 Å². The number of pyridine rings is 2. The number of fused-ring (bicyclic) bond motifs is 2. The van der Waals surface area contributed by atoms with Gasteiger partial charge in [0.2, 0.25) is 0 Å². The molecule has 184 valence electrons. The minimum absolute atomic E-state index is 0.193. The van der Waals surface area contributed by atoms with Gasteiger partial charge in [-0.1, -0.05) is 24.3 Å². The van der Waals surface area contributed by atoms with Crippen LogP contribution in [0.15, 0.2) is 42.6 Å². The Labute approximate surface area is 205 Å². The van der Waals surface area contributed by atoms with E-state index >= 15 is 0 Å². The zero-order valence-electron chi connectivity index (χ0n) is 21.1. The number of hydrogen-bond acceptors (Lipinski definition) is 6. The summed E-state index contributed by atoms with van der Waals surface area (Å²) in [5.74, 6) is 0.0840. The third kappa shape index (κ3) is 5.37. The molecule has 2 aromatic heterocycles. The first kappa shape index (κ1) is 24.4. The number of nitrogens with one attached hydrogen (secondary N) is 1. The first-order valence-electron chi connectivity index (χ1n) is 11.7. The van der Waals surface area contributed by atoms with Crippen molar-refractivity contribution in [2.45, 2.75) is 59.2 Å². The van der Waals surface area contributed by atoms with E-state index in [9.17, 15) is 9.59 Å². The van der Waals surface area contributed by atoms with E-state index in [2.05, 4.69) is 10.3 Å². The first-order valence-corrected chi connectivity index (χ1v) is 11.7. The van der Waals surface area contributed by atoms with Gasteiger partial charge in [-0.15, -0.1) is 0 Å². The van der Waals surface area contributed by atoms with E-state index in [1.165, 1.54) is 0 Å². The topological polar surface area (TPSA) is 93.7 Å². The van der Waals surface area contributed by atoms with E-state index in [4.69, 9.17) is 14.5 Å². The predicted molar refractivity (Wildman–Crippen MR) is 133 cm³/mol. The number of benzene rings is 1. The third-order valence-corrected chi connectivity index (χ3v) is 5.71. The molecule has 0 fully saturated rings. The molecule has 1 aliphatic heterocycles. The number of nitrogens with zero attached hydrogens (tertiary/aromatic N) is 3. The fraction of sp³-hybridized carbons (Fsp3) is 0.407. The van der Waals surface area contributed by atoms with Crippen LogP contribution in [0.2, 0.25) is 0 Å². The number of aromatic nitrogens is 2. The fourth-order valence-electron chi connectivity index (χ4n) is 4.16. The zero-order chi connectivity index (χ0) is 25.4. The van der Waals surface area contributed by atoms with Crippen molar-refractivity contribution in [1.29, 1.82) is 0 Å². The van der Waals surface area contributed by atoms with Gasteiger partial charge in [0.15, 0.2) is 5.75 Å². The largest absolute Gasteiger partial charge is 0.489 e. The highest BCUT2D eigenvalue weighted by Gasteiger charge is 2.31. The van der Waals surface area contributed by atoms with Crippen LogP contribution in [-0.4, -0.2) is 45.6 Å². The molecule has 0 bridgehead atoms. The van der Waals surface area contributed by atoms with Gasteiger partial charge in [0.05, 0.1) is 29.9 Å². The highest BCUT2D eigenvalue weighted by molar-refractivity contribution is 5.98. The van der Waals surface area contributed by atoms with Crippen molar-refractivity contribution in [3.05, 3.63) is 65.2 Å². The number of carbonyl (C=O) groups is 2. The summed E-state index contributed by atoms with van der Waals surface area (Å²) in [5.41, 5.74) is 1.18. The van der Waals surface area contributed by atoms with Crippen LogP contribution < -0.4 is 10.1 Å². The van der Waals surface area contributed by atoms with Gasteiger partial charge in [-0.25, -0.2) is 4.79 Å². The summed E-state index contributed by atoms with van der Waals surface area (Å²) in [6, 6.07) is 11.7. The van der Waals surface area contributed by atoms with Gasteiger partial charge in [-0.2, -0.15) is 0 Å². The van der Waals surface area contributed by atoms with Gasteiger partial charge in [0, 0.05) is 17.3 Å². The molecule has 0 saturated heterocycles. The lowest BCUT2D eigenvalue weighted by molar-refractivity contribution is 0.0223. The Morgan fingerprint density at radius 2 is 1.86 bits per heavy atom. The maximum absolute atomic E-state index is 13.5. The quantitative estimate of drug-likeness (QED) is 0.587. The second-order valence-electron chi connectivity index (χ2n) is 10.3. The van der Waals surface area contributed by atoms with Crippen LogP contribution in [0.25, 0.3) is 10.8 Å². The van der Waals surface area contributed by atoms with Crippen LogP contribution in [0.1, 0.15) is 62.1 Å². The Hall–Kier alpha value is -3.68. The van der Waals surface area contributed by atoms with E-state index in [1.54, 1.807) is 17.2 Å². The molecule has 4 rings (SSSR count). The third-order valence-electron chi connectivity index (χ3n) is 5.71. The summed E-state index contributed by atoms with van der Waals surface area (Å²) < 4.78 is 11.4. The number of rotatable bonds is 3.